The molecular weight excluding hydrogens is 545 g/mol. The van der Waals surface area contributed by atoms with Crippen LogP contribution in [0.2, 0.25) is 5.02 Å². The second-order valence-electron chi connectivity index (χ2n) is 10.3. The van der Waals surface area contributed by atoms with E-state index in [1.807, 2.05) is 48.2 Å². The highest BCUT2D eigenvalue weighted by atomic mass is 35.5. The zero-order valence-corrected chi connectivity index (χ0v) is 23.3. The molecule has 0 radical (unpaired) electrons. The molecule has 1 N–H and O–H groups in total. The molecule has 3 heterocycles. The molecule has 0 bridgehead atoms. The van der Waals surface area contributed by atoms with Gasteiger partial charge in [0, 0.05) is 55.9 Å². The summed E-state index contributed by atoms with van der Waals surface area (Å²) in [6.45, 7) is 6.22. The lowest BCUT2D eigenvalue weighted by Gasteiger charge is -2.36. The first-order chi connectivity index (χ1) is 19.8. The van der Waals surface area contributed by atoms with Gasteiger partial charge in [0.1, 0.15) is 17.2 Å². The number of aryl methyl sites for hydroxylation is 1. The number of carbonyl (C=O) groups is 1. The number of anilines is 1. The molecule has 3 aromatic carbocycles. The molecule has 6 rings (SSSR count). The van der Waals surface area contributed by atoms with Crippen molar-refractivity contribution >= 4 is 45.2 Å². The lowest BCUT2D eigenvalue weighted by molar-refractivity contribution is 0.0695. The summed E-state index contributed by atoms with van der Waals surface area (Å²) < 4.78 is 19.2. The summed E-state index contributed by atoms with van der Waals surface area (Å²) in [4.78, 5) is 33.5. The van der Waals surface area contributed by atoms with Gasteiger partial charge in [-0.2, -0.15) is 0 Å². The van der Waals surface area contributed by atoms with Crippen LogP contribution in [0.3, 0.4) is 0 Å². The summed E-state index contributed by atoms with van der Waals surface area (Å²) in [6.07, 6.45) is 1.34. The quantitative estimate of drug-likeness (QED) is 0.287. The molecule has 41 heavy (non-hydrogen) atoms. The predicted molar refractivity (Wildman–Crippen MR) is 159 cm³/mol. The largest absolute Gasteiger partial charge is 0.477 e. The smallest absolute Gasteiger partial charge is 0.341 e. The highest BCUT2D eigenvalue weighted by Crippen LogP contribution is 2.27. The van der Waals surface area contributed by atoms with Crippen LogP contribution < -0.4 is 10.3 Å². The Bertz CT molecular complexity index is 1840. The Hall–Kier alpha value is -4.21. The number of aromatic carboxylic acids is 1. The third-order valence-electron chi connectivity index (χ3n) is 7.76. The molecule has 2 aromatic heterocycles. The zero-order chi connectivity index (χ0) is 28.7. The van der Waals surface area contributed by atoms with Gasteiger partial charge in [0.15, 0.2) is 0 Å². The first kappa shape index (κ1) is 27.0. The molecule has 1 aliphatic heterocycles. The Morgan fingerprint density at radius 3 is 2.51 bits per heavy atom. The van der Waals surface area contributed by atoms with Crippen LogP contribution in [0.25, 0.3) is 21.9 Å². The average Bonchev–Trinajstić information content (AvgIpc) is 3.30. The first-order valence-corrected chi connectivity index (χ1v) is 14.0. The molecule has 0 amide bonds. The molecular formula is C31H29ClFN5O3. The van der Waals surface area contributed by atoms with E-state index < -0.39 is 17.2 Å². The maximum absolute atomic E-state index is 15.3. The topological polar surface area (TPSA) is 83.6 Å². The highest BCUT2D eigenvalue weighted by molar-refractivity contribution is 6.30. The molecule has 1 fully saturated rings. The molecule has 210 valence electrons. The van der Waals surface area contributed by atoms with Crippen LogP contribution in [0.5, 0.6) is 0 Å². The van der Waals surface area contributed by atoms with Crippen LogP contribution >= 0.6 is 11.6 Å². The number of benzene rings is 3. The SMILES string of the molecule is CCn1cc(C(=O)O)c(=O)c2cc(F)c(N3CCN(Cc4nc5ccccc5n4Cc4cccc(Cl)c4)CC3)cc21. The van der Waals surface area contributed by atoms with Gasteiger partial charge in [-0.15, -0.1) is 0 Å². The highest BCUT2D eigenvalue weighted by Gasteiger charge is 2.24. The standard InChI is InChI=1S/C31H29ClFN5O3/c1-2-36-18-23(31(40)41)30(39)22-15-24(33)28(16-27(22)36)37-12-10-35(11-13-37)19-29-34-25-8-3-4-9-26(25)38(29)17-20-6-5-7-21(32)14-20/h3-9,14-16,18H,2,10-13,17,19H2,1H3,(H,40,41). The predicted octanol–water partition coefficient (Wildman–Crippen LogP) is 5.23. The van der Waals surface area contributed by atoms with Gasteiger partial charge in [-0.25, -0.2) is 14.2 Å². The Morgan fingerprint density at radius 2 is 1.78 bits per heavy atom. The number of halogens is 2. The maximum Gasteiger partial charge on any atom is 0.341 e. The summed E-state index contributed by atoms with van der Waals surface area (Å²) in [5.74, 6) is -0.893. The molecule has 5 aromatic rings. The van der Waals surface area contributed by atoms with Gasteiger partial charge in [0.25, 0.3) is 0 Å². The average molecular weight is 574 g/mol. The number of hydrogen-bond donors (Lipinski definition) is 1. The van der Waals surface area contributed by atoms with Gasteiger partial charge >= 0.3 is 5.97 Å². The minimum atomic E-state index is -1.32. The molecule has 0 atom stereocenters. The zero-order valence-electron chi connectivity index (χ0n) is 22.6. The van der Waals surface area contributed by atoms with Gasteiger partial charge in [-0.3, -0.25) is 9.69 Å². The van der Waals surface area contributed by atoms with Crippen molar-refractivity contribution in [3.63, 3.8) is 0 Å². The summed E-state index contributed by atoms with van der Waals surface area (Å²) in [7, 11) is 0. The Morgan fingerprint density at radius 1 is 1.00 bits per heavy atom. The van der Waals surface area contributed by atoms with E-state index in [9.17, 15) is 14.7 Å². The second kappa shape index (κ2) is 11.0. The number of hydrogen-bond acceptors (Lipinski definition) is 5. The first-order valence-electron chi connectivity index (χ1n) is 13.6. The maximum atomic E-state index is 15.3. The Kier molecular flexibility index (Phi) is 7.23. The van der Waals surface area contributed by atoms with Crippen molar-refractivity contribution in [3.05, 3.63) is 105 Å². The number of piperazine rings is 1. The summed E-state index contributed by atoms with van der Waals surface area (Å²) >= 11 is 6.25. The van der Waals surface area contributed by atoms with Crippen LogP contribution in [0.1, 0.15) is 28.7 Å². The van der Waals surface area contributed by atoms with Crippen LogP contribution in [-0.2, 0) is 19.6 Å². The number of fused-ring (bicyclic) bond motifs is 2. The van der Waals surface area contributed by atoms with Gasteiger partial charge < -0.3 is 19.1 Å². The van der Waals surface area contributed by atoms with Crippen LogP contribution in [-0.4, -0.2) is 56.3 Å². The minimum Gasteiger partial charge on any atom is -0.477 e. The van der Waals surface area contributed by atoms with Crippen molar-refractivity contribution in [2.45, 2.75) is 26.6 Å². The van der Waals surface area contributed by atoms with E-state index in [0.717, 1.165) is 22.4 Å². The number of rotatable bonds is 7. The summed E-state index contributed by atoms with van der Waals surface area (Å²) in [6, 6.07) is 18.8. The lowest BCUT2D eigenvalue weighted by atomic mass is 10.1. The third-order valence-corrected chi connectivity index (χ3v) is 8.00. The van der Waals surface area contributed by atoms with E-state index in [4.69, 9.17) is 16.6 Å². The molecule has 0 saturated carbocycles. The molecule has 0 aliphatic carbocycles. The number of carboxylic acids is 1. The fourth-order valence-corrected chi connectivity index (χ4v) is 5.86. The van der Waals surface area contributed by atoms with E-state index in [0.29, 0.717) is 62.0 Å². The van der Waals surface area contributed by atoms with E-state index in [2.05, 4.69) is 21.6 Å². The minimum absolute atomic E-state index is 0.0743. The molecule has 0 unspecified atom stereocenters. The van der Waals surface area contributed by atoms with E-state index in [1.54, 1.807) is 10.6 Å². The molecule has 0 spiro atoms. The van der Waals surface area contributed by atoms with Crippen LogP contribution in [0.4, 0.5) is 10.1 Å². The Labute approximate surface area is 240 Å². The van der Waals surface area contributed by atoms with Crippen molar-refractivity contribution in [1.29, 1.82) is 0 Å². The molecule has 8 nitrogen and oxygen atoms in total. The number of carboxylic acid groups (broad SMARTS) is 1. The number of nitrogens with zero attached hydrogens (tertiary/aromatic N) is 5. The fourth-order valence-electron chi connectivity index (χ4n) is 5.64. The normalized spacial score (nSPS) is 14.3. The van der Waals surface area contributed by atoms with Crippen molar-refractivity contribution in [2.24, 2.45) is 0 Å². The summed E-state index contributed by atoms with van der Waals surface area (Å²) in [5, 5.41) is 10.2. The van der Waals surface area contributed by atoms with Crippen molar-refractivity contribution in [2.75, 3.05) is 31.1 Å². The van der Waals surface area contributed by atoms with E-state index >= 15 is 4.39 Å². The number of aromatic nitrogens is 3. The summed E-state index contributed by atoms with van der Waals surface area (Å²) in [5.41, 5.74) is 3.00. The molecule has 1 saturated heterocycles. The number of para-hydroxylation sites is 2. The van der Waals surface area contributed by atoms with Crippen molar-refractivity contribution in [3.8, 4) is 0 Å². The third kappa shape index (κ3) is 5.18. The number of pyridine rings is 1. The fraction of sp³-hybridized carbons (Fsp3) is 0.258. The van der Waals surface area contributed by atoms with Crippen molar-refractivity contribution in [1.82, 2.24) is 19.0 Å². The lowest BCUT2D eigenvalue weighted by Crippen LogP contribution is -2.46. The van der Waals surface area contributed by atoms with Gasteiger partial charge in [-0.05, 0) is 48.9 Å². The monoisotopic (exact) mass is 573 g/mol. The van der Waals surface area contributed by atoms with Gasteiger partial charge in [0.2, 0.25) is 5.43 Å². The van der Waals surface area contributed by atoms with Gasteiger partial charge in [-0.1, -0.05) is 35.9 Å². The molecule has 1 aliphatic rings. The Balaban J connectivity index is 1.24. The van der Waals surface area contributed by atoms with E-state index in [1.165, 1.54) is 12.3 Å². The van der Waals surface area contributed by atoms with E-state index in [-0.39, 0.29) is 10.9 Å². The molecule has 10 heteroatoms. The van der Waals surface area contributed by atoms with Crippen LogP contribution in [0.15, 0.2) is 71.7 Å². The number of imidazole rings is 1. The van der Waals surface area contributed by atoms with Gasteiger partial charge in [0.05, 0.1) is 28.8 Å². The second-order valence-corrected chi connectivity index (χ2v) is 10.7. The van der Waals surface area contributed by atoms with Crippen LogP contribution in [0, 0.1) is 5.82 Å². The van der Waals surface area contributed by atoms with Crippen molar-refractivity contribution < 1.29 is 14.3 Å².